The van der Waals surface area contributed by atoms with E-state index in [2.05, 4.69) is 0 Å². The van der Waals surface area contributed by atoms with Crippen LogP contribution in [0.1, 0.15) is 26.3 Å². The number of hydrogen-bond donors (Lipinski definition) is 1. The van der Waals surface area contributed by atoms with Crippen LogP contribution in [0.25, 0.3) is 0 Å². The van der Waals surface area contributed by atoms with Gasteiger partial charge in [-0.2, -0.15) is 5.06 Å². The molecule has 0 unspecified atom stereocenters. The highest BCUT2D eigenvalue weighted by atomic mass is 16.7. The molecule has 4 heteroatoms. The lowest BCUT2D eigenvalue weighted by Crippen LogP contribution is -2.32. The Bertz CT molecular complexity index is 428. The van der Waals surface area contributed by atoms with Crippen LogP contribution in [-0.4, -0.2) is 22.1 Å². The summed E-state index contributed by atoms with van der Waals surface area (Å²) in [5.74, 6) is -0.00425. The van der Waals surface area contributed by atoms with E-state index < -0.39 is 5.79 Å². The van der Waals surface area contributed by atoms with Crippen molar-refractivity contribution in [2.24, 2.45) is 0 Å². The fourth-order valence-corrected chi connectivity index (χ4v) is 1.77. The molecule has 0 spiro atoms. The van der Waals surface area contributed by atoms with Gasteiger partial charge in [0.25, 0.3) is 0 Å². The average Bonchev–Trinajstić information content (AvgIpc) is 2.70. The van der Waals surface area contributed by atoms with Gasteiger partial charge >= 0.3 is 0 Å². The second-order valence-electron chi connectivity index (χ2n) is 4.90. The molecule has 0 saturated heterocycles. The summed E-state index contributed by atoms with van der Waals surface area (Å²) in [6.07, 6.45) is 1.57. The van der Waals surface area contributed by atoms with Crippen LogP contribution in [0.15, 0.2) is 42.4 Å². The Kier molecular flexibility index (Phi) is 3.59. The third-order valence-corrected chi connectivity index (χ3v) is 2.87. The summed E-state index contributed by atoms with van der Waals surface area (Å²) in [6.45, 7) is 5.99. The zero-order valence-electron chi connectivity index (χ0n) is 11.0. The molecule has 0 aromatic heterocycles. The van der Waals surface area contributed by atoms with Crippen molar-refractivity contribution in [3.8, 4) is 0 Å². The summed E-state index contributed by atoms with van der Waals surface area (Å²) < 4.78 is 11.0. The van der Waals surface area contributed by atoms with E-state index in [0.29, 0.717) is 12.3 Å². The van der Waals surface area contributed by atoms with Crippen molar-refractivity contribution in [1.82, 2.24) is 5.06 Å². The van der Waals surface area contributed by atoms with Crippen molar-refractivity contribution in [2.45, 2.75) is 39.1 Å². The summed E-state index contributed by atoms with van der Waals surface area (Å²) in [4.78, 5) is 0. The first-order chi connectivity index (χ1) is 8.48. The van der Waals surface area contributed by atoms with Crippen molar-refractivity contribution in [3.05, 3.63) is 47.9 Å². The molecule has 18 heavy (non-hydrogen) atoms. The molecule has 0 aliphatic carbocycles. The average molecular weight is 249 g/mol. The van der Waals surface area contributed by atoms with Crippen LogP contribution < -0.4 is 0 Å². The number of nitrogens with zero attached hydrogens (tertiary/aromatic N) is 1. The Morgan fingerprint density at radius 1 is 1.28 bits per heavy atom. The number of ether oxygens (including phenoxy) is 2. The first-order valence-corrected chi connectivity index (χ1v) is 6.04. The van der Waals surface area contributed by atoms with E-state index in [1.807, 2.05) is 51.1 Å². The maximum atomic E-state index is 10.1. The zero-order chi connectivity index (χ0) is 13.2. The summed E-state index contributed by atoms with van der Waals surface area (Å²) in [7, 11) is 0. The lowest BCUT2D eigenvalue weighted by molar-refractivity contribution is -0.155. The first-order valence-electron chi connectivity index (χ1n) is 6.04. The standard InChI is InChI=1S/C14H19NO3/c1-11(13-10-17-14(2,3)18-13)15(16)9-12-7-5-4-6-8-12/h4-8,10-11,16H,9H2,1-3H3/t11-/m0/s1. The maximum absolute atomic E-state index is 10.1. The van der Waals surface area contributed by atoms with E-state index >= 15 is 0 Å². The van der Waals surface area contributed by atoms with Crippen LogP contribution in [-0.2, 0) is 16.0 Å². The van der Waals surface area contributed by atoms with Crippen molar-refractivity contribution < 1.29 is 14.7 Å². The Balaban J connectivity index is 1.96. The lowest BCUT2D eigenvalue weighted by atomic mass is 10.2. The highest BCUT2D eigenvalue weighted by molar-refractivity contribution is 5.15. The predicted octanol–water partition coefficient (Wildman–Crippen LogP) is 2.89. The molecule has 0 radical (unpaired) electrons. The van der Waals surface area contributed by atoms with Gasteiger partial charge in [-0.25, -0.2) is 0 Å². The molecule has 0 bridgehead atoms. The number of hydroxylamine groups is 2. The summed E-state index contributed by atoms with van der Waals surface area (Å²) in [6, 6.07) is 9.55. The van der Waals surface area contributed by atoms with E-state index in [0.717, 1.165) is 5.56 Å². The van der Waals surface area contributed by atoms with Gasteiger partial charge in [-0.1, -0.05) is 30.3 Å². The minimum absolute atomic E-state index is 0.244. The Morgan fingerprint density at radius 2 is 1.94 bits per heavy atom. The molecule has 2 rings (SSSR count). The second-order valence-corrected chi connectivity index (χ2v) is 4.90. The monoisotopic (exact) mass is 249 g/mol. The smallest absolute Gasteiger partial charge is 0.244 e. The van der Waals surface area contributed by atoms with Crippen LogP contribution in [0.2, 0.25) is 0 Å². The molecule has 1 N–H and O–H groups in total. The zero-order valence-corrected chi connectivity index (χ0v) is 11.0. The van der Waals surface area contributed by atoms with Crippen LogP contribution in [0.4, 0.5) is 0 Å². The minimum Gasteiger partial charge on any atom is -0.457 e. The number of hydrogen-bond acceptors (Lipinski definition) is 4. The van der Waals surface area contributed by atoms with E-state index in [1.165, 1.54) is 5.06 Å². The van der Waals surface area contributed by atoms with Crippen molar-refractivity contribution in [2.75, 3.05) is 0 Å². The Morgan fingerprint density at radius 3 is 2.50 bits per heavy atom. The van der Waals surface area contributed by atoms with Gasteiger partial charge in [-0.3, -0.25) is 0 Å². The fourth-order valence-electron chi connectivity index (χ4n) is 1.77. The molecule has 1 heterocycles. The second kappa shape index (κ2) is 5.00. The Labute approximate surface area is 107 Å². The normalized spacial score (nSPS) is 19.1. The highest BCUT2D eigenvalue weighted by Gasteiger charge is 2.32. The fraction of sp³-hybridized carbons (Fsp3) is 0.429. The summed E-state index contributed by atoms with van der Waals surface area (Å²) in [5.41, 5.74) is 1.05. The van der Waals surface area contributed by atoms with E-state index in [4.69, 9.17) is 9.47 Å². The van der Waals surface area contributed by atoms with E-state index in [9.17, 15) is 5.21 Å². The number of benzene rings is 1. The third kappa shape index (κ3) is 3.03. The quantitative estimate of drug-likeness (QED) is 0.833. The van der Waals surface area contributed by atoms with Crippen LogP contribution in [0, 0.1) is 0 Å². The van der Waals surface area contributed by atoms with Crippen molar-refractivity contribution in [3.63, 3.8) is 0 Å². The largest absolute Gasteiger partial charge is 0.457 e. The van der Waals surface area contributed by atoms with Crippen LogP contribution in [0.3, 0.4) is 0 Å². The molecular formula is C14H19NO3. The SMILES string of the molecule is C[C@@H](C1=COC(C)(C)O1)N(O)Cc1ccccc1. The van der Waals surface area contributed by atoms with Gasteiger partial charge in [0.15, 0.2) is 5.76 Å². The molecule has 0 amide bonds. The van der Waals surface area contributed by atoms with Gasteiger partial charge in [0.1, 0.15) is 6.26 Å². The van der Waals surface area contributed by atoms with Gasteiger partial charge in [-0.15, -0.1) is 0 Å². The van der Waals surface area contributed by atoms with Gasteiger partial charge in [-0.05, 0) is 12.5 Å². The third-order valence-electron chi connectivity index (χ3n) is 2.87. The molecule has 1 aliphatic heterocycles. The molecule has 1 aromatic rings. The molecule has 1 atom stereocenters. The van der Waals surface area contributed by atoms with Gasteiger partial charge < -0.3 is 14.7 Å². The lowest BCUT2D eigenvalue weighted by Gasteiger charge is -2.25. The molecule has 1 aliphatic rings. The molecule has 0 fully saturated rings. The maximum Gasteiger partial charge on any atom is 0.244 e. The summed E-state index contributed by atoms with van der Waals surface area (Å²) >= 11 is 0. The summed E-state index contributed by atoms with van der Waals surface area (Å²) in [5, 5.41) is 11.3. The van der Waals surface area contributed by atoms with E-state index in [1.54, 1.807) is 6.26 Å². The minimum atomic E-state index is -0.642. The molecule has 0 saturated carbocycles. The van der Waals surface area contributed by atoms with Crippen molar-refractivity contribution in [1.29, 1.82) is 0 Å². The predicted molar refractivity (Wildman–Crippen MR) is 67.6 cm³/mol. The van der Waals surface area contributed by atoms with Crippen LogP contribution in [0.5, 0.6) is 0 Å². The van der Waals surface area contributed by atoms with Crippen LogP contribution >= 0.6 is 0 Å². The molecule has 98 valence electrons. The first kappa shape index (κ1) is 12.9. The van der Waals surface area contributed by atoms with Crippen molar-refractivity contribution >= 4 is 0 Å². The molecule has 1 aromatic carbocycles. The van der Waals surface area contributed by atoms with Gasteiger partial charge in [0.05, 0.1) is 6.04 Å². The van der Waals surface area contributed by atoms with Gasteiger partial charge in [0.2, 0.25) is 5.79 Å². The molecule has 4 nitrogen and oxygen atoms in total. The number of rotatable bonds is 4. The topological polar surface area (TPSA) is 41.9 Å². The molecular weight excluding hydrogens is 230 g/mol. The highest BCUT2D eigenvalue weighted by Crippen LogP contribution is 2.28. The van der Waals surface area contributed by atoms with E-state index in [-0.39, 0.29) is 6.04 Å². The Hall–Kier alpha value is -1.52. The van der Waals surface area contributed by atoms with Gasteiger partial charge in [0, 0.05) is 20.4 Å².